The number of aromatic nitrogens is 2. The highest BCUT2D eigenvalue weighted by atomic mass is 16.3. The Morgan fingerprint density at radius 2 is 2.07 bits per heavy atom. The van der Waals surface area contributed by atoms with Crippen LogP contribution in [0.25, 0.3) is 0 Å². The first-order valence-corrected chi connectivity index (χ1v) is 9.18. The summed E-state index contributed by atoms with van der Waals surface area (Å²) in [7, 11) is 0. The highest BCUT2D eigenvalue weighted by Crippen LogP contribution is 2.27. The molecule has 1 aromatic carbocycles. The van der Waals surface area contributed by atoms with Crippen LogP contribution in [0.1, 0.15) is 40.6 Å². The highest BCUT2D eigenvalue weighted by Gasteiger charge is 2.27. The molecule has 27 heavy (non-hydrogen) atoms. The van der Waals surface area contributed by atoms with Gasteiger partial charge in [0.05, 0.1) is 12.0 Å². The van der Waals surface area contributed by atoms with Crippen LogP contribution in [0.5, 0.6) is 0 Å². The van der Waals surface area contributed by atoms with Crippen LogP contribution in [-0.4, -0.2) is 33.9 Å². The molecular formula is C21H22N4O2. The lowest BCUT2D eigenvalue weighted by Gasteiger charge is -2.32. The third-order valence-electron chi connectivity index (χ3n) is 4.84. The summed E-state index contributed by atoms with van der Waals surface area (Å²) >= 11 is 0. The van der Waals surface area contributed by atoms with E-state index in [1.54, 1.807) is 18.3 Å². The zero-order chi connectivity index (χ0) is 18.6. The van der Waals surface area contributed by atoms with Crippen LogP contribution in [0, 0.1) is 6.92 Å². The molecule has 3 heterocycles. The number of rotatable bonds is 4. The maximum Gasteiger partial charge on any atom is 0.289 e. The normalized spacial score (nSPS) is 16.9. The lowest BCUT2D eigenvalue weighted by atomic mass is 9.94. The summed E-state index contributed by atoms with van der Waals surface area (Å²) in [5.41, 5.74) is 3.12. The van der Waals surface area contributed by atoms with Crippen LogP contribution in [-0.2, 0) is 0 Å². The number of benzene rings is 1. The van der Waals surface area contributed by atoms with Gasteiger partial charge in [0.25, 0.3) is 5.91 Å². The fourth-order valence-electron chi connectivity index (χ4n) is 3.39. The van der Waals surface area contributed by atoms with Crippen molar-refractivity contribution in [3.63, 3.8) is 0 Å². The molecule has 1 aliphatic heterocycles. The molecular weight excluding hydrogens is 340 g/mol. The zero-order valence-electron chi connectivity index (χ0n) is 15.3. The predicted molar refractivity (Wildman–Crippen MR) is 103 cm³/mol. The molecule has 1 saturated heterocycles. The minimum atomic E-state index is -0.0586. The third-order valence-corrected chi connectivity index (χ3v) is 4.84. The van der Waals surface area contributed by atoms with E-state index < -0.39 is 0 Å². The Morgan fingerprint density at radius 3 is 2.85 bits per heavy atom. The Balaban J connectivity index is 1.47. The van der Waals surface area contributed by atoms with E-state index in [2.05, 4.69) is 22.2 Å². The molecule has 0 saturated carbocycles. The lowest BCUT2D eigenvalue weighted by Crippen LogP contribution is -2.39. The quantitative estimate of drug-likeness (QED) is 0.755. The van der Waals surface area contributed by atoms with Crippen molar-refractivity contribution in [1.82, 2.24) is 14.9 Å². The molecule has 0 spiro atoms. The Kier molecular flexibility index (Phi) is 4.87. The molecule has 3 aromatic rings. The van der Waals surface area contributed by atoms with E-state index in [1.165, 1.54) is 11.8 Å². The number of nitrogens with zero attached hydrogens (tertiary/aromatic N) is 3. The van der Waals surface area contributed by atoms with E-state index >= 15 is 0 Å². The Labute approximate surface area is 158 Å². The van der Waals surface area contributed by atoms with E-state index in [9.17, 15) is 4.79 Å². The molecule has 0 radical (unpaired) electrons. The summed E-state index contributed by atoms with van der Waals surface area (Å²) in [6.45, 7) is 3.44. The van der Waals surface area contributed by atoms with Gasteiger partial charge in [-0.25, -0.2) is 9.97 Å². The summed E-state index contributed by atoms with van der Waals surface area (Å²) in [6.07, 6.45) is 5.25. The van der Waals surface area contributed by atoms with Crippen molar-refractivity contribution in [3.8, 4) is 0 Å². The van der Waals surface area contributed by atoms with Crippen molar-refractivity contribution in [1.29, 1.82) is 0 Å². The average molecular weight is 362 g/mol. The van der Waals surface area contributed by atoms with Gasteiger partial charge >= 0.3 is 0 Å². The molecule has 6 nitrogen and oxygen atoms in total. The zero-order valence-corrected chi connectivity index (χ0v) is 15.3. The first kappa shape index (κ1) is 17.3. The summed E-state index contributed by atoms with van der Waals surface area (Å²) in [4.78, 5) is 23.4. The number of anilines is 2. The smallest absolute Gasteiger partial charge is 0.289 e. The van der Waals surface area contributed by atoms with Crippen LogP contribution >= 0.6 is 0 Å². The van der Waals surface area contributed by atoms with Crippen molar-refractivity contribution in [2.24, 2.45) is 0 Å². The fourth-order valence-corrected chi connectivity index (χ4v) is 3.39. The molecule has 138 valence electrons. The molecule has 1 aliphatic rings. The van der Waals surface area contributed by atoms with E-state index in [0.717, 1.165) is 30.8 Å². The summed E-state index contributed by atoms with van der Waals surface area (Å²) < 4.78 is 5.26. The average Bonchev–Trinajstić information content (AvgIpc) is 3.24. The van der Waals surface area contributed by atoms with Gasteiger partial charge in [-0.1, -0.05) is 17.7 Å². The molecule has 1 N–H and O–H groups in total. The maximum atomic E-state index is 12.6. The first-order chi connectivity index (χ1) is 13.2. The first-order valence-electron chi connectivity index (χ1n) is 9.18. The number of furan rings is 1. The fraction of sp³-hybridized carbons (Fsp3) is 0.286. The Morgan fingerprint density at radius 1 is 1.22 bits per heavy atom. The van der Waals surface area contributed by atoms with Gasteiger partial charge in [0.2, 0.25) is 5.95 Å². The predicted octanol–water partition coefficient (Wildman–Crippen LogP) is 4.14. The van der Waals surface area contributed by atoms with Crippen molar-refractivity contribution in [2.45, 2.75) is 25.7 Å². The molecule has 0 bridgehead atoms. The van der Waals surface area contributed by atoms with Gasteiger partial charge < -0.3 is 14.6 Å². The van der Waals surface area contributed by atoms with Gasteiger partial charge in [0.15, 0.2) is 5.76 Å². The number of carbonyl (C=O) groups is 1. The maximum absolute atomic E-state index is 12.6. The van der Waals surface area contributed by atoms with Gasteiger partial charge in [-0.05, 0) is 50.1 Å². The molecule has 0 unspecified atom stereocenters. The van der Waals surface area contributed by atoms with Crippen LogP contribution in [0.3, 0.4) is 0 Å². The van der Waals surface area contributed by atoms with Gasteiger partial charge in [-0.15, -0.1) is 0 Å². The minimum absolute atomic E-state index is 0.0586. The second-order valence-electron chi connectivity index (χ2n) is 6.86. The SMILES string of the molecule is Cc1ccc(Nc2nccc([C@@H]3CCCN(C(=O)c4ccco4)C3)n2)cc1. The molecule has 2 aromatic heterocycles. The summed E-state index contributed by atoms with van der Waals surface area (Å²) in [6, 6.07) is 13.5. The summed E-state index contributed by atoms with van der Waals surface area (Å²) in [5.74, 6) is 1.10. The second kappa shape index (κ2) is 7.61. The van der Waals surface area contributed by atoms with Crippen LogP contribution in [0.15, 0.2) is 59.3 Å². The molecule has 1 fully saturated rings. The lowest BCUT2D eigenvalue weighted by molar-refractivity contribution is 0.0673. The topological polar surface area (TPSA) is 71.3 Å². The summed E-state index contributed by atoms with van der Waals surface area (Å²) in [5, 5.41) is 3.25. The number of hydrogen-bond acceptors (Lipinski definition) is 5. The largest absolute Gasteiger partial charge is 0.459 e. The third kappa shape index (κ3) is 4.00. The van der Waals surface area contributed by atoms with Crippen LogP contribution < -0.4 is 5.32 Å². The monoisotopic (exact) mass is 362 g/mol. The number of likely N-dealkylation sites (tertiary alicyclic amines) is 1. The van der Waals surface area contributed by atoms with E-state index in [4.69, 9.17) is 4.42 Å². The van der Waals surface area contributed by atoms with E-state index in [1.807, 2.05) is 35.2 Å². The second-order valence-corrected chi connectivity index (χ2v) is 6.86. The molecule has 1 atom stereocenters. The van der Waals surface area contributed by atoms with Crippen LogP contribution in [0.4, 0.5) is 11.6 Å². The van der Waals surface area contributed by atoms with Crippen molar-refractivity contribution in [2.75, 3.05) is 18.4 Å². The molecule has 4 rings (SSSR count). The number of nitrogens with one attached hydrogen (secondary N) is 1. The Hall–Kier alpha value is -3.15. The number of amides is 1. The molecule has 1 amide bonds. The number of piperidine rings is 1. The van der Waals surface area contributed by atoms with Crippen molar-refractivity contribution < 1.29 is 9.21 Å². The van der Waals surface area contributed by atoms with Gasteiger partial charge in [-0.3, -0.25) is 4.79 Å². The Bertz CT molecular complexity index is 906. The number of carbonyl (C=O) groups excluding carboxylic acids is 1. The van der Waals surface area contributed by atoms with E-state index in [-0.39, 0.29) is 11.8 Å². The molecule has 6 heteroatoms. The number of aryl methyl sites for hydroxylation is 1. The standard InChI is InChI=1S/C21H22N4O2/c1-15-6-8-17(9-7-15)23-21-22-11-10-18(24-21)16-4-2-12-25(14-16)20(26)19-5-3-13-27-19/h3,5-11,13,16H,2,4,12,14H2,1H3,(H,22,23,24)/t16-/m1/s1. The highest BCUT2D eigenvalue weighted by molar-refractivity contribution is 5.91. The van der Waals surface area contributed by atoms with E-state index in [0.29, 0.717) is 18.3 Å². The number of hydrogen-bond donors (Lipinski definition) is 1. The minimum Gasteiger partial charge on any atom is -0.459 e. The van der Waals surface area contributed by atoms with Gasteiger partial charge in [-0.2, -0.15) is 0 Å². The molecule has 0 aliphatic carbocycles. The van der Waals surface area contributed by atoms with Gasteiger partial charge in [0.1, 0.15) is 0 Å². The van der Waals surface area contributed by atoms with Gasteiger partial charge in [0, 0.05) is 30.9 Å². The van der Waals surface area contributed by atoms with Crippen LogP contribution in [0.2, 0.25) is 0 Å². The van der Waals surface area contributed by atoms with Crippen molar-refractivity contribution in [3.05, 3.63) is 71.9 Å². The van der Waals surface area contributed by atoms with Crippen molar-refractivity contribution >= 4 is 17.5 Å².